The quantitative estimate of drug-likeness (QED) is 0.896. The van der Waals surface area contributed by atoms with E-state index in [0.29, 0.717) is 5.69 Å². The monoisotopic (exact) mass is 286 g/mol. The molecule has 1 aromatic heterocycles. The molecule has 0 bridgehead atoms. The second kappa shape index (κ2) is 5.91. The number of carbonyl (C=O) groups is 1. The number of carbonyl (C=O) groups excluding carboxylic acids is 1. The minimum atomic E-state index is -0.467. The second-order valence-electron chi connectivity index (χ2n) is 5.08. The van der Waals surface area contributed by atoms with E-state index < -0.39 is 6.09 Å². The standard InChI is InChI=1S/C16H18N2O3/c1-20-16(19)18-12-7-5-11(6-8-12)17-14-3-2-4-15-13(14)9-10-21-15/h5-10,14,17H,2-4H2,1H3,(H,18,19). The van der Waals surface area contributed by atoms with Gasteiger partial charge < -0.3 is 14.5 Å². The highest BCUT2D eigenvalue weighted by atomic mass is 16.5. The summed E-state index contributed by atoms with van der Waals surface area (Å²) in [6, 6.07) is 9.90. The number of hydrogen-bond donors (Lipinski definition) is 2. The number of furan rings is 1. The van der Waals surface area contributed by atoms with Crippen LogP contribution in [-0.4, -0.2) is 13.2 Å². The summed E-state index contributed by atoms with van der Waals surface area (Å²) in [6.07, 6.45) is 4.52. The van der Waals surface area contributed by atoms with E-state index in [2.05, 4.69) is 15.4 Å². The molecule has 1 unspecified atom stereocenters. The Kier molecular flexibility index (Phi) is 3.81. The van der Waals surface area contributed by atoms with E-state index in [1.165, 1.54) is 12.7 Å². The Morgan fingerprint density at radius 2 is 2.00 bits per heavy atom. The van der Waals surface area contributed by atoms with Crippen molar-refractivity contribution in [2.75, 3.05) is 17.7 Å². The predicted octanol–water partition coefficient (Wildman–Crippen LogP) is 3.95. The molecule has 1 aliphatic rings. The van der Waals surface area contributed by atoms with Crippen molar-refractivity contribution in [3.8, 4) is 0 Å². The van der Waals surface area contributed by atoms with Crippen molar-refractivity contribution in [2.24, 2.45) is 0 Å². The molecule has 0 fully saturated rings. The van der Waals surface area contributed by atoms with Gasteiger partial charge in [0, 0.05) is 23.4 Å². The Bertz CT molecular complexity index is 619. The van der Waals surface area contributed by atoms with Crippen molar-refractivity contribution >= 4 is 17.5 Å². The molecule has 1 heterocycles. The van der Waals surface area contributed by atoms with Crippen LogP contribution in [0.15, 0.2) is 41.0 Å². The number of anilines is 2. The highest BCUT2D eigenvalue weighted by Gasteiger charge is 2.22. The maximum Gasteiger partial charge on any atom is 0.411 e. The lowest BCUT2D eigenvalue weighted by molar-refractivity contribution is 0.187. The first-order valence-corrected chi connectivity index (χ1v) is 7.04. The summed E-state index contributed by atoms with van der Waals surface area (Å²) < 4.78 is 10.1. The van der Waals surface area contributed by atoms with Crippen molar-refractivity contribution in [3.05, 3.63) is 47.9 Å². The molecule has 0 saturated heterocycles. The van der Waals surface area contributed by atoms with Crippen molar-refractivity contribution in [1.29, 1.82) is 0 Å². The average Bonchev–Trinajstić information content (AvgIpc) is 2.99. The molecule has 3 rings (SSSR count). The van der Waals surface area contributed by atoms with Gasteiger partial charge in [-0.1, -0.05) is 0 Å². The van der Waals surface area contributed by atoms with Gasteiger partial charge in [-0.25, -0.2) is 4.79 Å². The van der Waals surface area contributed by atoms with Crippen LogP contribution in [0.5, 0.6) is 0 Å². The van der Waals surface area contributed by atoms with E-state index in [0.717, 1.165) is 30.7 Å². The van der Waals surface area contributed by atoms with Crippen LogP contribution in [0.25, 0.3) is 0 Å². The van der Waals surface area contributed by atoms with E-state index in [1.54, 1.807) is 6.26 Å². The number of nitrogens with one attached hydrogen (secondary N) is 2. The van der Waals surface area contributed by atoms with Crippen LogP contribution < -0.4 is 10.6 Å². The van der Waals surface area contributed by atoms with Crippen LogP contribution in [-0.2, 0) is 11.2 Å². The van der Waals surface area contributed by atoms with E-state index in [4.69, 9.17) is 4.42 Å². The Labute approximate surface area is 123 Å². The molecule has 21 heavy (non-hydrogen) atoms. The average molecular weight is 286 g/mol. The molecule has 1 aliphatic carbocycles. The smallest absolute Gasteiger partial charge is 0.411 e. The van der Waals surface area contributed by atoms with Gasteiger partial charge in [0.2, 0.25) is 0 Å². The van der Waals surface area contributed by atoms with Crippen molar-refractivity contribution in [2.45, 2.75) is 25.3 Å². The van der Waals surface area contributed by atoms with Crippen LogP contribution in [0.1, 0.15) is 30.2 Å². The zero-order valence-corrected chi connectivity index (χ0v) is 11.9. The molecule has 110 valence electrons. The number of ether oxygens (including phenoxy) is 1. The fourth-order valence-corrected chi connectivity index (χ4v) is 2.66. The van der Waals surface area contributed by atoms with Crippen LogP contribution >= 0.6 is 0 Å². The number of rotatable bonds is 3. The molecular formula is C16H18N2O3. The number of benzene rings is 1. The predicted molar refractivity (Wildman–Crippen MR) is 80.5 cm³/mol. The first kappa shape index (κ1) is 13.5. The van der Waals surface area contributed by atoms with Crippen molar-refractivity contribution in [1.82, 2.24) is 0 Å². The molecule has 2 N–H and O–H groups in total. The summed E-state index contributed by atoms with van der Waals surface area (Å²) in [6.45, 7) is 0. The topological polar surface area (TPSA) is 63.5 Å². The first-order valence-electron chi connectivity index (χ1n) is 7.04. The highest BCUT2D eigenvalue weighted by Crippen LogP contribution is 2.33. The summed E-state index contributed by atoms with van der Waals surface area (Å²) in [7, 11) is 1.34. The molecule has 1 amide bonds. The molecular weight excluding hydrogens is 268 g/mol. The third-order valence-electron chi connectivity index (χ3n) is 3.71. The maximum absolute atomic E-state index is 11.1. The van der Waals surface area contributed by atoms with Gasteiger partial charge in [0.25, 0.3) is 0 Å². The van der Waals surface area contributed by atoms with Gasteiger partial charge in [-0.15, -0.1) is 0 Å². The Hall–Kier alpha value is -2.43. The molecule has 5 heteroatoms. The van der Waals surface area contributed by atoms with Crippen LogP contribution in [0.2, 0.25) is 0 Å². The zero-order valence-electron chi connectivity index (χ0n) is 11.9. The van der Waals surface area contributed by atoms with Crippen molar-refractivity contribution in [3.63, 3.8) is 0 Å². The Balaban J connectivity index is 1.68. The number of fused-ring (bicyclic) bond motifs is 1. The number of amides is 1. The van der Waals surface area contributed by atoms with Gasteiger partial charge in [0.15, 0.2) is 0 Å². The van der Waals surface area contributed by atoms with Gasteiger partial charge in [-0.2, -0.15) is 0 Å². The molecule has 0 saturated carbocycles. The van der Waals surface area contributed by atoms with Crippen molar-refractivity contribution < 1.29 is 13.9 Å². The summed E-state index contributed by atoms with van der Waals surface area (Å²) >= 11 is 0. The lowest BCUT2D eigenvalue weighted by Crippen LogP contribution is -2.16. The minimum Gasteiger partial charge on any atom is -0.469 e. The molecule has 1 aromatic carbocycles. The molecule has 2 aromatic rings. The molecule has 5 nitrogen and oxygen atoms in total. The SMILES string of the molecule is COC(=O)Nc1ccc(NC2CCCc3occc32)cc1. The van der Waals surface area contributed by atoms with Gasteiger partial charge >= 0.3 is 6.09 Å². The summed E-state index contributed by atoms with van der Waals surface area (Å²) in [5.74, 6) is 1.09. The number of aryl methyl sites for hydroxylation is 1. The van der Waals surface area contributed by atoms with E-state index in [9.17, 15) is 4.79 Å². The molecule has 0 spiro atoms. The normalized spacial score (nSPS) is 16.9. The second-order valence-corrected chi connectivity index (χ2v) is 5.08. The minimum absolute atomic E-state index is 0.284. The lowest BCUT2D eigenvalue weighted by atomic mass is 9.93. The van der Waals surface area contributed by atoms with Gasteiger partial charge in [-0.05, 0) is 43.2 Å². The lowest BCUT2D eigenvalue weighted by Gasteiger charge is -2.23. The molecule has 0 radical (unpaired) electrons. The summed E-state index contributed by atoms with van der Waals surface area (Å²) in [4.78, 5) is 11.1. The van der Waals surface area contributed by atoms with Crippen LogP contribution in [0, 0.1) is 0 Å². The van der Waals surface area contributed by atoms with Gasteiger partial charge in [0.05, 0.1) is 19.4 Å². The largest absolute Gasteiger partial charge is 0.469 e. The first-order chi connectivity index (χ1) is 10.3. The highest BCUT2D eigenvalue weighted by molar-refractivity contribution is 5.84. The van der Waals surface area contributed by atoms with E-state index >= 15 is 0 Å². The summed E-state index contributed by atoms with van der Waals surface area (Å²) in [5, 5.41) is 6.14. The van der Waals surface area contributed by atoms with E-state index in [-0.39, 0.29) is 6.04 Å². The molecule has 1 atom stereocenters. The van der Waals surface area contributed by atoms with Crippen LogP contribution in [0.4, 0.5) is 16.2 Å². The number of hydrogen-bond acceptors (Lipinski definition) is 4. The fraction of sp³-hybridized carbons (Fsp3) is 0.312. The Morgan fingerprint density at radius 3 is 2.76 bits per heavy atom. The fourth-order valence-electron chi connectivity index (χ4n) is 2.66. The van der Waals surface area contributed by atoms with E-state index in [1.807, 2.05) is 30.3 Å². The summed E-state index contributed by atoms with van der Waals surface area (Å²) in [5.41, 5.74) is 2.97. The van der Waals surface area contributed by atoms with Crippen LogP contribution in [0.3, 0.4) is 0 Å². The number of methoxy groups -OCH3 is 1. The third kappa shape index (κ3) is 3.02. The van der Waals surface area contributed by atoms with Gasteiger partial charge in [0.1, 0.15) is 5.76 Å². The molecule has 0 aliphatic heterocycles. The zero-order chi connectivity index (χ0) is 14.7. The Morgan fingerprint density at radius 1 is 1.24 bits per heavy atom. The maximum atomic E-state index is 11.1. The van der Waals surface area contributed by atoms with Gasteiger partial charge in [-0.3, -0.25) is 5.32 Å². The third-order valence-corrected chi connectivity index (χ3v) is 3.71.